The van der Waals surface area contributed by atoms with Crippen molar-refractivity contribution in [2.24, 2.45) is 5.92 Å². The molecule has 2 aliphatic heterocycles. The average molecular weight is 381 g/mol. The van der Waals surface area contributed by atoms with E-state index < -0.39 is 0 Å². The summed E-state index contributed by atoms with van der Waals surface area (Å²) in [4.78, 5) is 31.7. The van der Waals surface area contributed by atoms with Crippen LogP contribution in [0.15, 0.2) is 39.9 Å². The minimum Gasteiger partial charge on any atom is -0.394 e. The molecule has 2 N–H and O–H groups in total. The first kappa shape index (κ1) is 17.4. The van der Waals surface area contributed by atoms with Crippen LogP contribution in [0.25, 0.3) is 5.65 Å². The second-order valence-electron chi connectivity index (χ2n) is 8.01. The number of hydrogen-bond donors (Lipinski definition) is 2. The third-order valence-electron chi connectivity index (χ3n) is 6.08. The highest BCUT2D eigenvalue weighted by Gasteiger charge is 2.40. The molecule has 0 aromatic carbocycles. The van der Waals surface area contributed by atoms with Gasteiger partial charge in [0, 0.05) is 55.1 Å². The van der Waals surface area contributed by atoms with Gasteiger partial charge in [-0.1, -0.05) is 6.07 Å². The van der Waals surface area contributed by atoms with Crippen molar-refractivity contribution < 1.29 is 5.11 Å². The van der Waals surface area contributed by atoms with Crippen molar-refractivity contribution >= 4 is 5.65 Å². The summed E-state index contributed by atoms with van der Waals surface area (Å²) in [6.45, 7) is 4.02. The number of hydrogen-bond acceptors (Lipinski definition) is 5. The second kappa shape index (κ2) is 6.42. The Morgan fingerprint density at radius 3 is 2.89 bits per heavy atom. The van der Waals surface area contributed by atoms with Crippen LogP contribution < -0.4 is 11.1 Å². The van der Waals surface area contributed by atoms with Gasteiger partial charge in [-0.2, -0.15) is 0 Å². The van der Waals surface area contributed by atoms with E-state index in [0.29, 0.717) is 12.2 Å². The molecule has 0 unspecified atom stereocenters. The SMILES string of the molecule is Cc1cc2nc(CN3C[C@H]4C[C@@H](C3)[C@H](CO)n3c4cccc3=O)cc(=O)n2[nH]1. The summed E-state index contributed by atoms with van der Waals surface area (Å²) >= 11 is 0. The Hall–Kier alpha value is -2.71. The van der Waals surface area contributed by atoms with E-state index in [1.54, 1.807) is 22.8 Å². The molecule has 1 fully saturated rings. The summed E-state index contributed by atoms with van der Waals surface area (Å²) in [6.07, 6.45) is 0.970. The molecular weight excluding hydrogens is 358 g/mol. The van der Waals surface area contributed by atoms with Gasteiger partial charge in [0.05, 0.1) is 18.3 Å². The molecular formula is C20H23N5O3. The number of H-pyrrole nitrogens is 1. The summed E-state index contributed by atoms with van der Waals surface area (Å²) in [5.41, 5.74) is 3.11. The molecule has 146 valence electrons. The molecule has 5 heterocycles. The maximum Gasteiger partial charge on any atom is 0.272 e. The third-order valence-corrected chi connectivity index (χ3v) is 6.08. The van der Waals surface area contributed by atoms with Gasteiger partial charge in [-0.05, 0) is 25.3 Å². The number of rotatable bonds is 3. The van der Waals surface area contributed by atoms with Crippen LogP contribution in [0, 0.1) is 12.8 Å². The molecule has 0 radical (unpaired) electrons. The zero-order chi connectivity index (χ0) is 19.4. The molecule has 1 saturated heterocycles. The standard InChI is InChI=1S/C20H23N5O3/c1-12-5-18-21-15(7-20(28)25(18)22-12)10-23-8-13-6-14(9-23)17(11-26)24-16(13)3-2-4-19(24)27/h2-5,7,13-14,17,22,26H,6,8-11H2,1H3/t13-,14+,17+/m1/s1. The molecule has 2 aliphatic rings. The number of aryl methyl sites for hydroxylation is 1. The first-order valence-corrected chi connectivity index (χ1v) is 9.66. The highest BCUT2D eigenvalue weighted by molar-refractivity contribution is 5.39. The molecule has 0 aliphatic carbocycles. The van der Waals surface area contributed by atoms with E-state index in [-0.39, 0.29) is 35.6 Å². The van der Waals surface area contributed by atoms with E-state index in [4.69, 9.17) is 0 Å². The minimum absolute atomic E-state index is 0.0392. The molecule has 2 bridgehead atoms. The fourth-order valence-electron chi connectivity index (χ4n) is 4.97. The number of pyridine rings is 1. The van der Waals surface area contributed by atoms with Crippen LogP contribution in [0.5, 0.6) is 0 Å². The maximum atomic E-state index is 12.4. The van der Waals surface area contributed by atoms with Gasteiger partial charge in [-0.15, -0.1) is 0 Å². The van der Waals surface area contributed by atoms with Gasteiger partial charge in [-0.3, -0.25) is 19.6 Å². The Morgan fingerprint density at radius 1 is 1.21 bits per heavy atom. The lowest BCUT2D eigenvalue weighted by atomic mass is 9.78. The van der Waals surface area contributed by atoms with Crippen LogP contribution in [0.1, 0.15) is 35.5 Å². The quantitative estimate of drug-likeness (QED) is 0.694. The van der Waals surface area contributed by atoms with Crippen LogP contribution in [0.4, 0.5) is 0 Å². The van der Waals surface area contributed by atoms with E-state index >= 15 is 0 Å². The molecule has 3 aromatic rings. The van der Waals surface area contributed by atoms with E-state index in [1.807, 2.05) is 19.1 Å². The van der Waals surface area contributed by atoms with Gasteiger partial charge < -0.3 is 9.67 Å². The Morgan fingerprint density at radius 2 is 2.07 bits per heavy atom. The van der Waals surface area contributed by atoms with Crippen LogP contribution in [-0.4, -0.2) is 48.9 Å². The van der Waals surface area contributed by atoms with Crippen molar-refractivity contribution in [1.82, 2.24) is 24.1 Å². The predicted octanol–water partition coefficient (Wildman–Crippen LogP) is 0.645. The molecule has 8 heteroatoms. The fourth-order valence-corrected chi connectivity index (χ4v) is 4.97. The van der Waals surface area contributed by atoms with Gasteiger partial charge in [-0.25, -0.2) is 9.50 Å². The minimum atomic E-state index is -0.198. The number of nitrogens with zero attached hydrogens (tertiary/aromatic N) is 4. The molecule has 0 amide bonds. The van der Waals surface area contributed by atoms with E-state index in [2.05, 4.69) is 15.0 Å². The van der Waals surface area contributed by atoms with Crippen molar-refractivity contribution in [3.8, 4) is 0 Å². The lowest BCUT2D eigenvalue weighted by molar-refractivity contribution is 0.0575. The summed E-state index contributed by atoms with van der Waals surface area (Å²) in [7, 11) is 0. The fraction of sp³-hybridized carbons (Fsp3) is 0.450. The normalized spacial score (nSPS) is 24.4. The van der Waals surface area contributed by atoms with E-state index in [0.717, 1.165) is 36.6 Å². The van der Waals surface area contributed by atoms with Gasteiger partial charge in [0.2, 0.25) is 0 Å². The number of aromatic nitrogens is 4. The highest BCUT2D eigenvalue weighted by Crippen LogP contribution is 2.41. The van der Waals surface area contributed by atoms with Gasteiger partial charge >= 0.3 is 0 Å². The number of aromatic amines is 1. The van der Waals surface area contributed by atoms with Crippen molar-refractivity contribution in [2.45, 2.75) is 31.8 Å². The molecule has 8 nitrogen and oxygen atoms in total. The Balaban J connectivity index is 1.46. The molecule has 0 spiro atoms. The van der Waals surface area contributed by atoms with Crippen molar-refractivity contribution in [3.05, 3.63) is 68.1 Å². The summed E-state index contributed by atoms with van der Waals surface area (Å²) in [5.74, 6) is 0.450. The monoisotopic (exact) mass is 381 g/mol. The maximum absolute atomic E-state index is 12.4. The molecule has 28 heavy (non-hydrogen) atoms. The first-order valence-electron chi connectivity index (χ1n) is 9.66. The average Bonchev–Trinajstić information content (AvgIpc) is 3.04. The molecule has 0 saturated carbocycles. The Kier molecular flexibility index (Phi) is 3.99. The topological polar surface area (TPSA) is 95.6 Å². The largest absolute Gasteiger partial charge is 0.394 e. The van der Waals surface area contributed by atoms with E-state index in [1.165, 1.54) is 4.52 Å². The van der Waals surface area contributed by atoms with Crippen LogP contribution in [0.3, 0.4) is 0 Å². The first-order chi connectivity index (χ1) is 13.5. The number of aliphatic hydroxyl groups excluding tert-OH is 1. The summed E-state index contributed by atoms with van der Waals surface area (Å²) in [5, 5.41) is 13.0. The number of nitrogens with one attached hydrogen (secondary N) is 1. The summed E-state index contributed by atoms with van der Waals surface area (Å²) in [6, 6.07) is 8.60. The smallest absolute Gasteiger partial charge is 0.272 e. The van der Waals surface area contributed by atoms with Crippen molar-refractivity contribution in [1.29, 1.82) is 0 Å². The zero-order valence-corrected chi connectivity index (χ0v) is 15.7. The van der Waals surface area contributed by atoms with E-state index in [9.17, 15) is 14.7 Å². The van der Waals surface area contributed by atoms with Gasteiger partial charge in [0.25, 0.3) is 11.1 Å². The van der Waals surface area contributed by atoms with Crippen molar-refractivity contribution in [3.63, 3.8) is 0 Å². The Labute approximate surface area is 161 Å². The van der Waals surface area contributed by atoms with Crippen LogP contribution in [-0.2, 0) is 6.54 Å². The van der Waals surface area contributed by atoms with Gasteiger partial charge in [0.1, 0.15) is 0 Å². The zero-order valence-electron chi connectivity index (χ0n) is 15.7. The summed E-state index contributed by atoms with van der Waals surface area (Å²) < 4.78 is 3.24. The number of fused-ring (bicyclic) bond motifs is 5. The number of likely N-dealkylation sites (tertiary alicyclic amines) is 1. The van der Waals surface area contributed by atoms with Crippen LogP contribution >= 0.6 is 0 Å². The molecule has 5 rings (SSSR count). The third kappa shape index (κ3) is 2.71. The lowest BCUT2D eigenvalue weighted by Crippen LogP contribution is -2.50. The van der Waals surface area contributed by atoms with Gasteiger partial charge in [0.15, 0.2) is 5.65 Å². The molecule has 3 atom stereocenters. The van der Waals surface area contributed by atoms with Crippen molar-refractivity contribution in [2.75, 3.05) is 19.7 Å². The second-order valence-corrected chi connectivity index (χ2v) is 8.01. The predicted molar refractivity (Wildman–Crippen MR) is 103 cm³/mol. The number of piperidine rings is 1. The van der Waals surface area contributed by atoms with Crippen LogP contribution in [0.2, 0.25) is 0 Å². The highest BCUT2D eigenvalue weighted by atomic mass is 16.3. The lowest BCUT2D eigenvalue weighted by Gasteiger charge is -2.46. The molecule has 3 aromatic heterocycles. The number of aliphatic hydroxyl groups is 1. The Bertz CT molecular complexity index is 1160.